The number of hydrogen-bond donors (Lipinski definition) is 1. The molecule has 1 atom stereocenters. The summed E-state index contributed by atoms with van der Waals surface area (Å²) in [7, 11) is 8.09. The highest BCUT2D eigenvalue weighted by atomic mass is 19.1. The van der Waals surface area contributed by atoms with E-state index in [2.05, 4.69) is 0 Å². The van der Waals surface area contributed by atoms with Crippen LogP contribution in [0.25, 0.3) is 5.76 Å². The number of ether oxygens (including phenoxy) is 3. The number of Topliss-reactive ketones (excluding diaryl/α,β-unsaturated/α-hetero) is 1. The molecule has 0 aromatic heterocycles. The van der Waals surface area contributed by atoms with E-state index in [0.717, 1.165) is 11.8 Å². The molecule has 0 saturated carbocycles. The standard InChI is InChI=1S/C28H27FN2O6/c1-30(2)18-9-6-16(7-10-18)25-24(26(32)22-12-17(29)8-11-23(22)37-5)27(33)28(34)31(25)19-13-20(35-3)15-21(14-19)36-4/h6-15,25,32H,1-5H3/b26-24+. The van der Waals surface area contributed by atoms with E-state index in [-0.39, 0.29) is 16.9 Å². The van der Waals surface area contributed by atoms with Crippen LogP contribution in [0.3, 0.4) is 0 Å². The normalized spacial score (nSPS) is 16.6. The summed E-state index contributed by atoms with van der Waals surface area (Å²) in [5.74, 6) is -2.01. The van der Waals surface area contributed by atoms with E-state index in [1.54, 1.807) is 30.3 Å². The van der Waals surface area contributed by atoms with Crippen molar-refractivity contribution in [3.05, 3.63) is 83.2 Å². The summed E-state index contributed by atoms with van der Waals surface area (Å²) in [5.41, 5.74) is 1.54. The maximum atomic E-state index is 14.2. The Kier molecular flexibility index (Phi) is 7.06. The Bertz CT molecular complexity index is 1360. The van der Waals surface area contributed by atoms with Gasteiger partial charge >= 0.3 is 0 Å². The van der Waals surface area contributed by atoms with Crippen molar-refractivity contribution in [1.29, 1.82) is 0 Å². The molecule has 1 heterocycles. The van der Waals surface area contributed by atoms with Crippen LogP contribution in [-0.4, -0.2) is 52.2 Å². The van der Waals surface area contributed by atoms with Gasteiger partial charge in [-0.1, -0.05) is 12.1 Å². The van der Waals surface area contributed by atoms with E-state index in [9.17, 15) is 19.1 Å². The van der Waals surface area contributed by atoms with Crippen molar-refractivity contribution in [3.8, 4) is 17.2 Å². The van der Waals surface area contributed by atoms with Gasteiger partial charge in [-0.25, -0.2) is 4.39 Å². The maximum absolute atomic E-state index is 14.2. The van der Waals surface area contributed by atoms with E-state index in [0.29, 0.717) is 22.7 Å². The SMILES string of the molecule is COc1cc(OC)cc(N2C(=O)C(=O)/C(=C(/O)c3cc(F)ccc3OC)C2c2ccc(N(C)C)cc2)c1. The van der Waals surface area contributed by atoms with Gasteiger partial charge in [0, 0.05) is 38.0 Å². The van der Waals surface area contributed by atoms with Crippen LogP contribution in [0.15, 0.2) is 66.2 Å². The van der Waals surface area contributed by atoms with Crippen LogP contribution in [0.1, 0.15) is 17.2 Å². The third-order valence-electron chi connectivity index (χ3n) is 6.20. The number of halogens is 1. The second kappa shape index (κ2) is 10.2. The summed E-state index contributed by atoms with van der Waals surface area (Å²) >= 11 is 0. The van der Waals surface area contributed by atoms with Crippen LogP contribution in [0.2, 0.25) is 0 Å². The first-order chi connectivity index (χ1) is 17.7. The van der Waals surface area contributed by atoms with Crippen molar-refractivity contribution in [2.45, 2.75) is 6.04 Å². The van der Waals surface area contributed by atoms with Gasteiger partial charge in [-0.3, -0.25) is 14.5 Å². The van der Waals surface area contributed by atoms with Crippen molar-refractivity contribution in [1.82, 2.24) is 0 Å². The van der Waals surface area contributed by atoms with Gasteiger partial charge in [0.1, 0.15) is 28.8 Å². The Morgan fingerprint density at radius 3 is 2.05 bits per heavy atom. The molecule has 9 heteroatoms. The number of rotatable bonds is 7. The highest BCUT2D eigenvalue weighted by molar-refractivity contribution is 6.51. The molecule has 4 rings (SSSR count). The first-order valence-electron chi connectivity index (χ1n) is 11.4. The Morgan fingerprint density at radius 2 is 1.51 bits per heavy atom. The Morgan fingerprint density at radius 1 is 0.892 bits per heavy atom. The fourth-order valence-corrected chi connectivity index (χ4v) is 4.31. The molecule has 0 radical (unpaired) electrons. The van der Waals surface area contributed by atoms with Gasteiger partial charge < -0.3 is 24.2 Å². The van der Waals surface area contributed by atoms with Crippen LogP contribution in [0.4, 0.5) is 15.8 Å². The number of aliphatic hydroxyl groups is 1. The zero-order valence-corrected chi connectivity index (χ0v) is 21.1. The molecule has 0 spiro atoms. The quantitative estimate of drug-likeness (QED) is 0.286. The summed E-state index contributed by atoms with van der Waals surface area (Å²) in [6.07, 6.45) is 0. The number of benzene rings is 3. The molecule has 3 aromatic rings. The number of carbonyl (C=O) groups is 2. The molecular weight excluding hydrogens is 479 g/mol. The fraction of sp³-hybridized carbons (Fsp3) is 0.214. The molecule has 0 bridgehead atoms. The third-order valence-corrected chi connectivity index (χ3v) is 6.20. The van der Waals surface area contributed by atoms with Crippen molar-refractivity contribution in [3.63, 3.8) is 0 Å². The molecule has 0 aliphatic carbocycles. The minimum Gasteiger partial charge on any atom is -0.507 e. The summed E-state index contributed by atoms with van der Waals surface area (Å²) in [6, 6.07) is 14.6. The second-order valence-electron chi connectivity index (χ2n) is 8.57. The van der Waals surface area contributed by atoms with Crippen LogP contribution < -0.4 is 24.0 Å². The summed E-state index contributed by atoms with van der Waals surface area (Å²) in [6.45, 7) is 0. The first-order valence-corrected chi connectivity index (χ1v) is 11.4. The number of ketones is 1. The van der Waals surface area contributed by atoms with Gasteiger partial charge in [0.25, 0.3) is 11.7 Å². The number of anilines is 2. The number of nitrogens with zero attached hydrogens (tertiary/aromatic N) is 2. The number of methoxy groups -OCH3 is 3. The van der Waals surface area contributed by atoms with Crippen LogP contribution in [-0.2, 0) is 9.59 Å². The number of carbonyl (C=O) groups excluding carboxylic acids is 2. The van der Waals surface area contributed by atoms with E-state index >= 15 is 0 Å². The van der Waals surface area contributed by atoms with E-state index < -0.39 is 29.3 Å². The highest BCUT2D eigenvalue weighted by Gasteiger charge is 2.47. The zero-order valence-electron chi connectivity index (χ0n) is 21.1. The van der Waals surface area contributed by atoms with Crippen LogP contribution in [0, 0.1) is 5.82 Å². The average molecular weight is 507 g/mol. The highest BCUT2D eigenvalue weighted by Crippen LogP contribution is 2.45. The molecule has 3 aromatic carbocycles. The predicted molar refractivity (Wildman–Crippen MR) is 138 cm³/mol. The lowest BCUT2D eigenvalue weighted by Crippen LogP contribution is -2.29. The van der Waals surface area contributed by atoms with Crippen molar-refractivity contribution in [2.75, 3.05) is 45.2 Å². The Balaban J connectivity index is 1.99. The minimum absolute atomic E-state index is 0.0429. The van der Waals surface area contributed by atoms with Crippen LogP contribution >= 0.6 is 0 Å². The van der Waals surface area contributed by atoms with Gasteiger partial charge in [-0.2, -0.15) is 0 Å². The smallest absolute Gasteiger partial charge is 0.300 e. The topological polar surface area (TPSA) is 88.5 Å². The average Bonchev–Trinajstić information content (AvgIpc) is 3.17. The Hall–Kier alpha value is -4.53. The van der Waals surface area contributed by atoms with Gasteiger partial charge in [0.15, 0.2) is 0 Å². The van der Waals surface area contributed by atoms with E-state index in [1.165, 1.54) is 38.4 Å². The van der Waals surface area contributed by atoms with Crippen molar-refractivity contribution >= 4 is 28.8 Å². The Labute approximate surface area is 214 Å². The first kappa shape index (κ1) is 25.6. The molecule has 1 N–H and O–H groups in total. The number of hydrogen-bond acceptors (Lipinski definition) is 7. The lowest BCUT2D eigenvalue weighted by Gasteiger charge is -2.26. The number of amides is 1. The minimum atomic E-state index is -1.03. The van der Waals surface area contributed by atoms with E-state index in [1.807, 2.05) is 31.1 Å². The summed E-state index contributed by atoms with van der Waals surface area (Å²) in [5, 5.41) is 11.4. The molecule has 1 unspecified atom stereocenters. The summed E-state index contributed by atoms with van der Waals surface area (Å²) < 4.78 is 30.2. The molecule has 192 valence electrons. The molecule has 1 saturated heterocycles. The maximum Gasteiger partial charge on any atom is 0.300 e. The lowest BCUT2D eigenvalue weighted by molar-refractivity contribution is -0.132. The molecule has 1 fully saturated rings. The predicted octanol–water partition coefficient (Wildman–Crippen LogP) is 4.54. The molecule has 37 heavy (non-hydrogen) atoms. The summed E-state index contributed by atoms with van der Waals surface area (Å²) in [4.78, 5) is 30.1. The molecule has 1 aliphatic rings. The number of aliphatic hydroxyl groups excluding tert-OH is 1. The van der Waals surface area contributed by atoms with Crippen LogP contribution in [0.5, 0.6) is 17.2 Å². The van der Waals surface area contributed by atoms with Crippen molar-refractivity contribution in [2.24, 2.45) is 0 Å². The molecule has 8 nitrogen and oxygen atoms in total. The fourth-order valence-electron chi connectivity index (χ4n) is 4.31. The van der Waals surface area contributed by atoms with Gasteiger partial charge in [-0.15, -0.1) is 0 Å². The molecule has 1 aliphatic heterocycles. The second-order valence-corrected chi connectivity index (χ2v) is 8.57. The van der Waals surface area contributed by atoms with Gasteiger partial charge in [-0.05, 0) is 35.9 Å². The largest absolute Gasteiger partial charge is 0.507 e. The van der Waals surface area contributed by atoms with E-state index in [4.69, 9.17) is 14.2 Å². The molecule has 1 amide bonds. The van der Waals surface area contributed by atoms with Gasteiger partial charge in [0.2, 0.25) is 0 Å². The monoisotopic (exact) mass is 506 g/mol. The third kappa shape index (κ3) is 4.67. The van der Waals surface area contributed by atoms with Gasteiger partial charge in [0.05, 0.1) is 44.2 Å². The van der Waals surface area contributed by atoms with Crippen molar-refractivity contribution < 1.29 is 33.3 Å². The lowest BCUT2D eigenvalue weighted by atomic mass is 9.94. The molecular formula is C28H27FN2O6. The zero-order chi connectivity index (χ0) is 26.9.